The summed E-state index contributed by atoms with van der Waals surface area (Å²) in [5.74, 6) is -0.0871. The zero-order valence-corrected chi connectivity index (χ0v) is 15.0. The predicted molar refractivity (Wildman–Crippen MR) is 93.0 cm³/mol. The molecule has 2 aromatic heterocycles. The lowest BCUT2D eigenvalue weighted by molar-refractivity contribution is 0.0791. The molecule has 3 rings (SSSR count). The molecule has 0 radical (unpaired) electrons. The van der Waals surface area contributed by atoms with Crippen LogP contribution in [0.2, 0.25) is 0 Å². The molecule has 1 aliphatic rings. The molecular formula is C16H24N6OS. The molecular weight excluding hydrogens is 324 g/mol. The first-order valence-electron chi connectivity index (χ1n) is 8.36. The van der Waals surface area contributed by atoms with Gasteiger partial charge in [0.25, 0.3) is 5.91 Å². The summed E-state index contributed by atoms with van der Waals surface area (Å²) >= 11 is 1.63. The summed E-state index contributed by atoms with van der Waals surface area (Å²) in [6.07, 6.45) is 6.59. The minimum absolute atomic E-state index is 0.0871. The van der Waals surface area contributed by atoms with Gasteiger partial charge in [-0.2, -0.15) is 0 Å². The maximum atomic E-state index is 12.5. The quantitative estimate of drug-likeness (QED) is 0.890. The molecule has 130 valence electrons. The van der Waals surface area contributed by atoms with Gasteiger partial charge in [-0.1, -0.05) is 5.21 Å². The van der Waals surface area contributed by atoms with Crippen LogP contribution in [0.25, 0.3) is 0 Å². The number of carbonyl (C=O) groups is 1. The summed E-state index contributed by atoms with van der Waals surface area (Å²) in [5.41, 5.74) is 9.24. The fourth-order valence-electron chi connectivity index (χ4n) is 3.05. The summed E-state index contributed by atoms with van der Waals surface area (Å²) < 4.78 is 1.83. The average molecular weight is 348 g/mol. The number of aromatic nitrogens is 4. The van der Waals surface area contributed by atoms with Gasteiger partial charge in [0.15, 0.2) is 5.69 Å². The molecule has 24 heavy (non-hydrogen) atoms. The average Bonchev–Trinajstić information content (AvgIpc) is 3.22. The number of hydrogen-bond donors (Lipinski definition) is 1. The Balaban J connectivity index is 1.57. The molecule has 0 atom stereocenters. The largest absolute Gasteiger partial charge is 0.340 e. The van der Waals surface area contributed by atoms with Crippen molar-refractivity contribution in [1.82, 2.24) is 24.9 Å². The highest BCUT2D eigenvalue weighted by molar-refractivity contribution is 7.09. The Bertz CT molecular complexity index is 688. The van der Waals surface area contributed by atoms with Gasteiger partial charge < -0.3 is 10.6 Å². The number of amides is 1. The summed E-state index contributed by atoms with van der Waals surface area (Å²) in [4.78, 5) is 19.7. The molecule has 0 saturated heterocycles. The third-order valence-electron chi connectivity index (χ3n) is 4.71. The Morgan fingerprint density at radius 2 is 2.17 bits per heavy atom. The van der Waals surface area contributed by atoms with E-state index in [1.54, 1.807) is 29.5 Å². The SMILES string of the molecule is Cc1ncsc1CCN(C)C(=O)c1cn(C2CCC(N)CC2)nn1. The third-order valence-corrected chi connectivity index (χ3v) is 5.71. The van der Waals surface area contributed by atoms with E-state index in [1.165, 1.54) is 4.88 Å². The van der Waals surface area contributed by atoms with E-state index in [4.69, 9.17) is 5.73 Å². The van der Waals surface area contributed by atoms with Gasteiger partial charge in [0.05, 0.1) is 23.4 Å². The highest BCUT2D eigenvalue weighted by Crippen LogP contribution is 2.26. The van der Waals surface area contributed by atoms with E-state index in [0.29, 0.717) is 24.3 Å². The van der Waals surface area contributed by atoms with Crippen LogP contribution < -0.4 is 5.73 Å². The maximum Gasteiger partial charge on any atom is 0.275 e. The highest BCUT2D eigenvalue weighted by Gasteiger charge is 2.23. The van der Waals surface area contributed by atoms with Crippen LogP contribution in [0.3, 0.4) is 0 Å². The van der Waals surface area contributed by atoms with E-state index in [0.717, 1.165) is 37.8 Å². The van der Waals surface area contributed by atoms with Crippen LogP contribution in [-0.4, -0.2) is 50.4 Å². The Hall–Kier alpha value is -1.80. The van der Waals surface area contributed by atoms with Crippen molar-refractivity contribution in [3.63, 3.8) is 0 Å². The number of rotatable bonds is 5. The number of carbonyl (C=O) groups excluding carboxylic acids is 1. The Labute approximate surface area is 145 Å². The Morgan fingerprint density at radius 1 is 1.42 bits per heavy atom. The van der Waals surface area contributed by atoms with Crippen LogP contribution in [0.1, 0.15) is 52.8 Å². The number of likely N-dealkylation sites (N-methyl/N-ethyl adjacent to an activating group) is 1. The molecule has 0 aromatic carbocycles. The molecule has 0 spiro atoms. The topological polar surface area (TPSA) is 89.9 Å². The van der Waals surface area contributed by atoms with Crippen molar-refractivity contribution in [2.24, 2.45) is 5.73 Å². The van der Waals surface area contributed by atoms with Gasteiger partial charge in [0.2, 0.25) is 0 Å². The minimum Gasteiger partial charge on any atom is -0.340 e. The second kappa shape index (κ2) is 7.40. The summed E-state index contributed by atoms with van der Waals surface area (Å²) in [7, 11) is 1.80. The van der Waals surface area contributed by atoms with E-state index in [1.807, 2.05) is 17.1 Å². The van der Waals surface area contributed by atoms with Gasteiger partial charge in [0, 0.05) is 30.9 Å². The zero-order valence-electron chi connectivity index (χ0n) is 14.2. The molecule has 2 aromatic rings. The molecule has 0 aliphatic heterocycles. The minimum atomic E-state index is -0.0871. The van der Waals surface area contributed by atoms with Crippen molar-refractivity contribution in [1.29, 1.82) is 0 Å². The fraction of sp³-hybridized carbons (Fsp3) is 0.625. The van der Waals surface area contributed by atoms with Crippen LogP contribution >= 0.6 is 11.3 Å². The third kappa shape index (κ3) is 3.81. The zero-order chi connectivity index (χ0) is 17.1. The molecule has 7 nitrogen and oxygen atoms in total. The highest BCUT2D eigenvalue weighted by atomic mass is 32.1. The molecule has 8 heteroatoms. The van der Waals surface area contributed by atoms with Gasteiger partial charge in [-0.25, -0.2) is 9.67 Å². The van der Waals surface area contributed by atoms with Gasteiger partial charge >= 0.3 is 0 Å². The predicted octanol–water partition coefficient (Wildman–Crippen LogP) is 1.80. The van der Waals surface area contributed by atoms with Gasteiger partial charge in [-0.15, -0.1) is 16.4 Å². The first-order chi connectivity index (χ1) is 11.5. The summed E-state index contributed by atoms with van der Waals surface area (Å²) in [6, 6.07) is 0.608. The first kappa shape index (κ1) is 17.0. The molecule has 0 bridgehead atoms. The standard InChI is InChI=1S/C16H24N6OS/c1-11-15(24-10-18-11)7-8-21(2)16(23)14-9-22(20-19-14)13-5-3-12(17)4-6-13/h9-10,12-13H,3-8,17H2,1-2H3. The second-order valence-electron chi connectivity index (χ2n) is 6.49. The van der Waals surface area contributed by atoms with Crippen LogP contribution in [0.15, 0.2) is 11.7 Å². The molecule has 1 aliphatic carbocycles. The number of nitrogens with zero attached hydrogens (tertiary/aromatic N) is 5. The molecule has 1 saturated carbocycles. The van der Waals surface area contributed by atoms with Crippen LogP contribution in [0, 0.1) is 6.92 Å². The molecule has 2 N–H and O–H groups in total. The van der Waals surface area contributed by atoms with E-state index in [-0.39, 0.29) is 5.91 Å². The van der Waals surface area contributed by atoms with E-state index in [2.05, 4.69) is 15.3 Å². The van der Waals surface area contributed by atoms with Crippen LogP contribution in [-0.2, 0) is 6.42 Å². The lowest BCUT2D eigenvalue weighted by atomic mass is 9.92. The number of hydrogen-bond acceptors (Lipinski definition) is 6. The van der Waals surface area contributed by atoms with Gasteiger partial charge in [-0.3, -0.25) is 4.79 Å². The second-order valence-corrected chi connectivity index (χ2v) is 7.43. The number of thiazole rings is 1. The summed E-state index contributed by atoms with van der Waals surface area (Å²) in [5, 5.41) is 8.24. The van der Waals surface area contributed by atoms with Crippen molar-refractivity contribution < 1.29 is 4.79 Å². The first-order valence-corrected chi connectivity index (χ1v) is 9.24. The molecule has 2 heterocycles. The Kier molecular flexibility index (Phi) is 5.25. The van der Waals surface area contributed by atoms with Crippen molar-refractivity contribution in [3.8, 4) is 0 Å². The lowest BCUT2D eigenvalue weighted by Crippen LogP contribution is -2.29. The Morgan fingerprint density at radius 3 is 2.83 bits per heavy atom. The fourth-order valence-corrected chi connectivity index (χ4v) is 3.82. The molecule has 1 amide bonds. The van der Waals surface area contributed by atoms with Crippen molar-refractivity contribution >= 4 is 17.2 Å². The lowest BCUT2D eigenvalue weighted by Gasteiger charge is -2.25. The van der Waals surface area contributed by atoms with Crippen molar-refractivity contribution in [3.05, 3.63) is 28.0 Å². The normalized spacial score (nSPS) is 21.0. The van der Waals surface area contributed by atoms with Crippen molar-refractivity contribution in [2.45, 2.75) is 51.1 Å². The molecule has 1 fully saturated rings. The van der Waals surface area contributed by atoms with Gasteiger partial charge in [-0.05, 0) is 32.6 Å². The molecule has 0 unspecified atom stereocenters. The van der Waals surface area contributed by atoms with Crippen LogP contribution in [0.5, 0.6) is 0 Å². The number of nitrogens with two attached hydrogens (primary N) is 1. The van der Waals surface area contributed by atoms with E-state index < -0.39 is 0 Å². The van der Waals surface area contributed by atoms with E-state index in [9.17, 15) is 4.79 Å². The van der Waals surface area contributed by atoms with Gasteiger partial charge in [0.1, 0.15) is 0 Å². The smallest absolute Gasteiger partial charge is 0.275 e. The summed E-state index contributed by atoms with van der Waals surface area (Å²) in [6.45, 7) is 2.64. The number of aryl methyl sites for hydroxylation is 1. The maximum absolute atomic E-state index is 12.5. The van der Waals surface area contributed by atoms with Crippen molar-refractivity contribution in [2.75, 3.05) is 13.6 Å². The van der Waals surface area contributed by atoms with E-state index >= 15 is 0 Å². The monoisotopic (exact) mass is 348 g/mol. The van der Waals surface area contributed by atoms with Crippen LogP contribution in [0.4, 0.5) is 0 Å².